The van der Waals surface area contributed by atoms with Crippen LogP contribution in [0.4, 0.5) is 5.82 Å². The van der Waals surface area contributed by atoms with Gasteiger partial charge in [0.05, 0.1) is 6.42 Å². The molecular formula is C18H20N4O2. The Balaban J connectivity index is 1.89. The smallest absolute Gasteiger partial charge is 0.271 e. The Bertz CT molecular complexity index is 784. The first kappa shape index (κ1) is 17.3. The standard InChI is InChI=1S/C18H20N4O2/c1-12-5-4-6-15(9-12)18(24)22-21-14(3)11-17(23)20-16-10-13(2)7-8-19-16/h4-10H,11H2,1-3H3,(H,22,24)(H,19,20,23)/b21-14-. The van der Waals surface area contributed by atoms with Crippen molar-refractivity contribution in [2.45, 2.75) is 27.2 Å². The Kier molecular flexibility index (Phi) is 5.78. The quantitative estimate of drug-likeness (QED) is 0.655. The van der Waals surface area contributed by atoms with Crippen molar-refractivity contribution in [1.82, 2.24) is 10.4 Å². The van der Waals surface area contributed by atoms with Gasteiger partial charge in [-0.1, -0.05) is 17.7 Å². The summed E-state index contributed by atoms with van der Waals surface area (Å²) in [5.41, 5.74) is 5.49. The maximum atomic E-state index is 12.0. The number of nitrogens with zero attached hydrogens (tertiary/aromatic N) is 2. The number of amides is 2. The fraction of sp³-hybridized carbons (Fsp3) is 0.222. The molecule has 1 aromatic carbocycles. The average Bonchev–Trinajstić information content (AvgIpc) is 2.52. The molecule has 2 rings (SSSR count). The number of anilines is 1. The fourth-order valence-corrected chi connectivity index (χ4v) is 2.06. The zero-order valence-electron chi connectivity index (χ0n) is 14.0. The van der Waals surface area contributed by atoms with Gasteiger partial charge in [0.15, 0.2) is 0 Å². The van der Waals surface area contributed by atoms with Crippen LogP contribution in [0.25, 0.3) is 0 Å². The van der Waals surface area contributed by atoms with Gasteiger partial charge in [0.2, 0.25) is 5.91 Å². The van der Waals surface area contributed by atoms with Crippen LogP contribution in [0.15, 0.2) is 47.7 Å². The number of pyridine rings is 1. The molecule has 0 aliphatic carbocycles. The lowest BCUT2D eigenvalue weighted by Gasteiger charge is -2.05. The second-order valence-electron chi connectivity index (χ2n) is 5.60. The van der Waals surface area contributed by atoms with Crippen molar-refractivity contribution in [3.05, 3.63) is 59.3 Å². The van der Waals surface area contributed by atoms with Crippen LogP contribution in [0, 0.1) is 13.8 Å². The molecule has 0 aliphatic rings. The summed E-state index contributed by atoms with van der Waals surface area (Å²) in [5, 5.41) is 6.66. The minimum Gasteiger partial charge on any atom is -0.310 e. The van der Waals surface area contributed by atoms with Crippen molar-refractivity contribution >= 4 is 23.3 Å². The van der Waals surface area contributed by atoms with Gasteiger partial charge in [-0.3, -0.25) is 9.59 Å². The largest absolute Gasteiger partial charge is 0.310 e. The van der Waals surface area contributed by atoms with E-state index in [1.54, 1.807) is 31.3 Å². The van der Waals surface area contributed by atoms with E-state index in [0.717, 1.165) is 11.1 Å². The molecule has 2 aromatic rings. The lowest BCUT2D eigenvalue weighted by Crippen LogP contribution is -2.21. The van der Waals surface area contributed by atoms with Gasteiger partial charge in [0, 0.05) is 17.5 Å². The molecule has 124 valence electrons. The molecule has 24 heavy (non-hydrogen) atoms. The van der Waals surface area contributed by atoms with Gasteiger partial charge in [0.25, 0.3) is 5.91 Å². The van der Waals surface area contributed by atoms with E-state index >= 15 is 0 Å². The number of hydrogen-bond donors (Lipinski definition) is 2. The molecule has 0 saturated heterocycles. The van der Waals surface area contributed by atoms with E-state index in [-0.39, 0.29) is 18.2 Å². The van der Waals surface area contributed by atoms with Crippen LogP contribution >= 0.6 is 0 Å². The molecule has 0 bridgehead atoms. The maximum Gasteiger partial charge on any atom is 0.271 e. The van der Waals surface area contributed by atoms with Gasteiger partial charge < -0.3 is 5.32 Å². The van der Waals surface area contributed by atoms with Crippen LogP contribution in [-0.2, 0) is 4.79 Å². The third-order valence-corrected chi connectivity index (χ3v) is 3.23. The van der Waals surface area contributed by atoms with Gasteiger partial charge in [0.1, 0.15) is 5.82 Å². The third kappa shape index (κ3) is 5.31. The first-order valence-electron chi connectivity index (χ1n) is 7.57. The Morgan fingerprint density at radius 3 is 2.58 bits per heavy atom. The Morgan fingerprint density at radius 1 is 1.12 bits per heavy atom. The molecule has 0 unspecified atom stereocenters. The van der Waals surface area contributed by atoms with Crippen LogP contribution in [0.5, 0.6) is 0 Å². The van der Waals surface area contributed by atoms with E-state index < -0.39 is 0 Å². The van der Waals surface area contributed by atoms with E-state index in [1.807, 2.05) is 32.0 Å². The Hall–Kier alpha value is -3.02. The molecule has 6 nitrogen and oxygen atoms in total. The van der Waals surface area contributed by atoms with E-state index in [9.17, 15) is 9.59 Å². The zero-order valence-corrected chi connectivity index (χ0v) is 14.0. The number of carbonyl (C=O) groups is 2. The molecule has 1 heterocycles. The van der Waals surface area contributed by atoms with Crippen molar-refractivity contribution in [2.24, 2.45) is 5.10 Å². The second-order valence-corrected chi connectivity index (χ2v) is 5.60. The van der Waals surface area contributed by atoms with Gasteiger partial charge in [-0.15, -0.1) is 0 Å². The van der Waals surface area contributed by atoms with Gasteiger partial charge >= 0.3 is 0 Å². The average molecular weight is 324 g/mol. The SMILES string of the molecule is C/C(CC(=O)Nc1cc(C)ccn1)=N/NC(=O)c1cccc(C)c1. The summed E-state index contributed by atoms with van der Waals surface area (Å²) >= 11 is 0. The van der Waals surface area contributed by atoms with Crippen molar-refractivity contribution in [1.29, 1.82) is 0 Å². The summed E-state index contributed by atoms with van der Waals surface area (Å²) in [6.45, 7) is 5.51. The molecule has 0 saturated carbocycles. The topological polar surface area (TPSA) is 83.4 Å². The van der Waals surface area contributed by atoms with Crippen molar-refractivity contribution in [2.75, 3.05) is 5.32 Å². The summed E-state index contributed by atoms with van der Waals surface area (Å²) in [5.74, 6) is -0.0467. The van der Waals surface area contributed by atoms with Crippen LogP contribution in [-0.4, -0.2) is 22.5 Å². The maximum absolute atomic E-state index is 12.0. The molecule has 0 aliphatic heterocycles. The summed E-state index contributed by atoms with van der Waals surface area (Å²) in [6.07, 6.45) is 1.71. The number of carbonyl (C=O) groups excluding carboxylic acids is 2. The summed E-state index contributed by atoms with van der Waals surface area (Å²) in [4.78, 5) is 28.0. The Morgan fingerprint density at radius 2 is 1.88 bits per heavy atom. The predicted molar refractivity (Wildman–Crippen MR) is 94.0 cm³/mol. The van der Waals surface area contributed by atoms with Crippen molar-refractivity contribution < 1.29 is 9.59 Å². The van der Waals surface area contributed by atoms with E-state index in [4.69, 9.17) is 0 Å². The highest BCUT2D eigenvalue weighted by Gasteiger charge is 2.07. The van der Waals surface area contributed by atoms with Gasteiger partial charge in [-0.2, -0.15) is 5.10 Å². The molecule has 2 amide bonds. The molecule has 6 heteroatoms. The van der Waals surface area contributed by atoms with E-state index in [1.165, 1.54) is 0 Å². The molecular weight excluding hydrogens is 304 g/mol. The number of aromatic nitrogens is 1. The lowest BCUT2D eigenvalue weighted by atomic mass is 10.1. The normalized spacial score (nSPS) is 11.0. The molecule has 0 spiro atoms. The number of aryl methyl sites for hydroxylation is 2. The summed E-state index contributed by atoms with van der Waals surface area (Å²) in [6, 6.07) is 10.8. The zero-order chi connectivity index (χ0) is 17.5. The number of nitrogens with one attached hydrogen (secondary N) is 2. The minimum atomic E-state index is -0.307. The van der Waals surface area contributed by atoms with E-state index in [0.29, 0.717) is 17.1 Å². The molecule has 1 aromatic heterocycles. The van der Waals surface area contributed by atoms with Gasteiger partial charge in [-0.25, -0.2) is 10.4 Å². The number of benzene rings is 1. The Labute approximate surface area is 141 Å². The number of rotatable bonds is 5. The monoisotopic (exact) mass is 324 g/mol. The van der Waals surface area contributed by atoms with E-state index in [2.05, 4.69) is 20.8 Å². The van der Waals surface area contributed by atoms with Crippen molar-refractivity contribution in [3.63, 3.8) is 0 Å². The summed E-state index contributed by atoms with van der Waals surface area (Å²) in [7, 11) is 0. The highest BCUT2D eigenvalue weighted by molar-refractivity contribution is 6.05. The first-order valence-corrected chi connectivity index (χ1v) is 7.57. The lowest BCUT2D eigenvalue weighted by molar-refractivity contribution is -0.115. The first-order chi connectivity index (χ1) is 11.4. The predicted octanol–water partition coefficient (Wildman–Crippen LogP) is 2.83. The van der Waals surface area contributed by atoms with Crippen molar-refractivity contribution in [3.8, 4) is 0 Å². The fourth-order valence-electron chi connectivity index (χ4n) is 2.06. The van der Waals surface area contributed by atoms with Crippen LogP contribution in [0.3, 0.4) is 0 Å². The van der Waals surface area contributed by atoms with Crippen LogP contribution in [0.2, 0.25) is 0 Å². The van der Waals surface area contributed by atoms with Crippen LogP contribution in [0.1, 0.15) is 34.8 Å². The second kappa shape index (κ2) is 8.01. The highest BCUT2D eigenvalue weighted by Crippen LogP contribution is 2.06. The summed E-state index contributed by atoms with van der Waals surface area (Å²) < 4.78 is 0. The minimum absolute atomic E-state index is 0.0731. The molecule has 2 N–H and O–H groups in total. The molecule has 0 radical (unpaired) electrons. The van der Waals surface area contributed by atoms with Crippen LogP contribution < -0.4 is 10.7 Å². The number of hydrogen-bond acceptors (Lipinski definition) is 4. The number of hydrazone groups is 1. The molecule has 0 atom stereocenters. The molecule has 0 fully saturated rings. The highest BCUT2D eigenvalue weighted by atomic mass is 16.2. The van der Waals surface area contributed by atoms with Gasteiger partial charge in [-0.05, 0) is 50.6 Å². The third-order valence-electron chi connectivity index (χ3n) is 3.23.